The second kappa shape index (κ2) is 6.88. The van der Waals surface area contributed by atoms with Crippen molar-refractivity contribution in [2.45, 2.75) is 6.61 Å². The van der Waals surface area contributed by atoms with Gasteiger partial charge in [-0.1, -0.05) is 58.5 Å². The summed E-state index contributed by atoms with van der Waals surface area (Å²) in [7, 11) is 0. The largest absolute Gasteiger partial charge is 0.456 e. The predicted molar refractivity (Wildman–Crippen MR) is 97.4 cm³/mol. The van der Waals surface area contributed by atoms with E-state index in [0.29, 0.717) is 30.5 Å². The van der Waals surface area contributed by atoms with Gasteiger partial charge < -0.3 is 4.74 Å². The fourth-order valence-electron chi connectivity index (χ4n) is 2.04. The Morgan fingerprint density at radius 3 is 2.43 bits per heavy atom. The highest BCUT2D eigenvalue weighted by Gasteiger charge is 2.19. The van der Waals surface area contributed by atoms with Crippen molar-refractivity contribution in [2.24, 2.45) is 0 Å². The zero-order chi connectivity index (χ0) is 16.6. The summed E-state index contributed by atoms with van der Waals surface area (Å²) in [6.45, 7) is -0.0251. The molecule has 7 heteroatoms. The molecule has 0 aliphatic heterocycles. The van der Waals surface area contributed by atoms with Gasteiger partial charge in [-0.3, -0.25) is 0 Å². The fraction of sp³-hybridized carbons (Fsp3) is 0.0625. The van der Waals surface area contributed by atoms with E-state index in [4.69, 9.17) is 51.1 Å². The van der Waals surface area contributed by atoms with Gasteiger partial charge in [-0.15, -0.1) is 11.3 Å². The van der Waals surface area contributed by atoms with Crippen LogP contribution in [0.15, 0.2) is 36.4 Å². The number of halogens is 4. The lowest BCUT2D eigenvalue weighted by Gasteiger charge is -2.07. The number of fused-ring (bicyclic) bond motifs is 1. The standard InChI is InChI=1S/C16H8Cl4O2S/c17-8-4-5-9-13(6-8)23-15(14(9)20)16(21)22-7-10-11(18)2-1-3-12(10)19/h1-6H,7H2. The first-order valence-electron chi connectivity index (χ1n) is 6.45. The van der Waals surface area contributed by atoms with Crippen LogP contribution in [-0.2, 0) is 11.3 Å². The van der Waals surface area contributed by atoms with Gasteiger partial charge in [0.25, 0.3) is 0 Å². The summed E-state index contributed by atoms with van der Waals surface area (Å²) in [4.78, 5) is 12.6. The van der Waals surface area contributed by atoms with Crippen molar-refractivity contribution in [1.82, 2.24) is 0 Å². The van der Waals surface area contributed by atoms with Crippen LogP contribution in [0.4, 0.5) is 0 Å². The Kier molecular flexibility index (Phi) is 5.04. The van der Waals surface area contributed by atoms with Crippen molar-refractivity contribution in [2.75, 3.05) is 0 Å². The Hall–Kier alpha value is -0.970. The Morgan fingerprint density at radius 1 is 1.04 bits per heavy atom. The van der Waals surface area contributed by atoms with Gasteiger partial charge in [-0.2, -0.15) is 0 Å². The molecule has 3 rings (SSSR count). The average Bonchev–Trinajstić information content (AvgIpc) is 2.83. The van der Waals surface area contributed by atoms with E-state index in [0.717, 1.165) is 10.1 Å². The maximum absolute atomic E-state index is 12.3. The molecule has 23 heavy (non-hydrogen) atoms. The molecule has 0 saturated carbocycles. The van der Waals surface area contributed by atoms with Crippen molar-refractivity contribution in [3.8, 4) is 0 Å². The molecule has 2 nitrogen and oxygen atoms in total. The van der Waals surface area contributed by atoms with Crippen LogP contribution in [-0.4, -0.2) is 5.97 Å². The SMILES string of the molecule is O=C(OCc1c(Cl)cccc1Cl)c1sc2cc(Cl)ccc2c1Cl. The number of esters is 1. The molecule has 0 bridgehead atoms. The number of hydrogen-bond acceptors (Lipinski definition) is 3. The van der Waals surface area contributed by atoms with Gasteiger partial charge in [-0.05, 0) is 24.3 Å². The molecule has 2 aromatic carbocycles. The minimum Gasteiger partial charge on any atom is -0.456 e. The lowest BCUT2D eigenvalue weighted by molar-refractivity contribution is 0.0479. The van der Waals surface area contributed by atoms with Crippen molar-refractivity contribution >= 4 is 73.8 Å². The van der Waals surface area contributed by atoms with Crippen LogP contribution in [0.25, 0.3) is 10.1 Å². The molecule has 0 fully saturated rings. The van der Waals surface area contributed by atoms with E-state index in [1.807, 2.05) is 0 Å². The predicted octanol–water partition coefficient (Wildman–Crippen LogP) is 6.87. The lowest BCUT2D eigenvalue weighted by Crippen LogP contribution is -2.04. The third-order valence-electron chi connectivity index (χ3n) is 3.19. The highest BCUT2D eigenvalue weighted by atomic mass is 35.5. The first kappa shape index (κ1) is 16.9. The molecule has 0 radical (unpaired) electrons. The Labute approximate surface area is 156 Å². The molecule has 0 amide bonds. The van der Waals surface area contributed by atoms with Gasteiger partial charge in [0.05, 0.1) is 5.02 Å². The van der Waals surface area contributed by atoms with E-state index >= 15 is 0 Å². The highest BCUT2D eigenvalue weighted by Crippen LogP contribution is 2.37. The zero-order valence-corrected chi connectivity index (χ0v) is 15.2. The zero-order valence-electron chi connectivity index (χ0n) is 11.4. The van der Waals surface area contributed by atoms with E-state index in [1.54, 1.807) is 36.4 Å². The average molecular weight is 406 g/mol. The molecule has 0 unspecified atom stereocenters. The van der Waals surface area contributed by atoms with E-state index in [2.05, 4.69) is 0 Å². The molecule has 1 aromatic heterocycles. The molecular weight excluding hydrogens is 398 g/mol. The van der Waals surface area contributed by atoms with E-state index in [9.17, 15) is 4.79 Å². The van der Waals surface area contributed by atoms with E-state index < -0.39 is 5.97 Å². The first-order valence-corrected chi connectivity index (χ1v) is 8.78. The Bertz CT molecular complexity index is 884. The van der Waals surface area contributed by atoms with Crippen molar-refractivity contribution in [3.63, 3.8) is 0 Å². The molecular formula is C16H8Cl4O2S. The van der Waals surface area contributed by atoms with Gasteiger partial charge in [-0.25, -0.2) is 4.79 Å². The van der Waals surface area contributed by atoms with Crippen LogP contribution in [0.2, 0.25) is 20.1 Å². The number of carbonyl (C=O) groups excluding carboxylic acids is 1. The van der Waals surface area contributed by atoms with Gasteiger partial charge in [0, 0.05) is 30.7 Å². The number of rotatable bonds is 3. The monoisotopic (exact) mass is 404 g/mol. The third-order valence-corrected chi connectivity index (χ3v) is 5.77. The molecule has 0 atom stereocenters. The Balaban J connectivity index is 1.85. The summed E-state index contributed by atoms with van der Waals surface area (Å²) in [5.74, 6) is -0.525. The number of ether oxygens (including phenoxy) is 1. The molecule has 118 valence electrons. The highest BCUT2D eigenvalue weighted by molar-refractivity contribution is 7.21. The molecule has 0 aliphatic carbocycles. The van der Waals surface area contributed by atoms with Crippen molar-refractivity contribution in [1.29, 1.82) is 0 Å². The summed E-state index contributed by atoms with van der Waals surface area (Å²) in [6.07, 6.45) is 0. The van der Waals surface area contributed by atoms with Crippen LogP contribution in [0.1, 0.15) is 15.2 Å². The molecule has 0 spiro atoms. The second-order valence-corrected chi connectivity index (χ2v) is 7.34. The van der Waals surface area contributed by atoms with Gasteiger partial charge >= 0.3 is 5.97 Å². The summed E-state index contributed by atoms with van der Waals surface area (Å²) in [5, 5.41) is 2.60. The summed E-state index contributed by atoms with van der Waals surface area (Å²) >= 11 is 25.6. The minimum atomic E-state index is -0.525. The molecule has 0 saturated heterocycles. The smallest absolute Gasteiger partial charge is 0.350 e. The van der Waals surface area contributed by atoms with Gasteiger partial charge in [0.1, 0.15) is 11.5 Å². The third kappa shape index (κ3) is 3.44. The maximum atomic E-state index is 12.3. The molecule has 1 heterocycles. The van der Waals surface area contributed by atoms with Crippen molar-refractivity contribution < 1.29 is 9.53 Å². The van der Waals surface area contributed by atoms with Crippen LogP contribution < -0.4 is 0 Å². The topological polar surface area (TPSA) is 26.3 Å². The maximum Gasteiger partial charge on any atom is 0.350 e. The normalized spacial score (nSPS) is 11.0. The number of carbonyl (C=O) groups is 1. The first-order chi connectivity index (χ1) is 11.0. The van der Waals surface area contributed by atoms with E-state index in [-0.39, 0.29) is 6.61 Å². The molecule has 0 N–H and O–H groups in total. The van der Waals surface area contributed by atoms with Crippen LogP contribution in [0.5, 0.6) is 0 Å². The van der Waals surface area contributed by atoms with Crippen LogP contribution in [0.3, 0.4) is 0 Å². The number of thiophene rings is 1. The summed E-state index contributed by atoms with van der Waals surface area (Å²) in [6, 6.07) is 10.4. The van der Waals surface area contributed by atoms with Crippen LogP contribution >= 0.6 is 57.7 Å². The number of benzene rings is 2. The lowest BCUT2D eigenvalue weighted by atomic mass is 10.2. The fourth-order valence-corrected chi connectivity index (χ4v) is 4.23. The minimum absolute atomic E-state index is 0.0251. The second-order valence-electron chi connectivity index (χ2n) is 4.66. The molecule has 3 aromatic rings. The summed E-state index contributed by atoms with van der Waals surface area (Å²) < 4.78 is 6.13. The van der Waals surface area contributed by atoms with Gasteiger partial charge in [0.2, 0.25) is 0 Å². The van der Waals surface area contributed by atoms with E-state index in [1.165, 1.54) is 11.3 Å². The Morgan fingerprint density at radius 2 is 1.74 bits per heavy atom. The van der Waals surface area contributed by atoms with Crippen LogP contribution in [0, 0.1) is 0 Å². The number of hydrogen-bond donors (Lipinski definition) is 0. The van der Waals surface area contributed by atoms with Crippen molar-refractivity contribution in [3.05, 3.63) is 66.9 Å². The van der Waals surface area contributed by atoms with Gasteiger partial charge in [0.15, 0.2) is 0 Å². The molecule has 0 aliphatic rings. The quantitative estimate of drug-likeness (QED) is 0.444. The summed E-state index contributed by atoms with van der Waals surface area (Å²) in [5.41, 5.74) is 0.560.